The summed E-state index contributed by atoms with van der Waals surface area (Å²) in [5, 5.41) is 10.1. The van der Waals surface area contributed by atoms with Gasteiger partial charge in [0.25, 0.3) is 0 Å². The van der Waals surface area contributed by atoms with Crippen LogP contribution >= 0.6 is 0 Å². The summed E-state index contributed by atoms with van der Waals surface area (Å²) in [4.78, 5) is 3.60. The first-order valence-electron chi connectivity index (χ1n) is 2.10. The van der Waals surface area contributed by atoms with Crippen LogP contribution in [0.25, 0.3) is 0 Å². The molecular formula is C4H6NO-. The molecule has 0 saturated heterocycles. The van der Waals surface area contributed by atoms with Crippen LogP contribution in [-0.2, 0) is 0 Å². The maximum absolute atomic E-state index is 10.1. The summed E-state index contributed by atoms with van der Waals surface area (Å²) in [5.74, 6) is 0.0787. The molecule has 2 nitrogen and oxygen atoms in total. The molecule has 0 radical (unpaired) electrons. The van der Waals surface area contributed by atoms with Crippen LogP contribution in [0.2, 0.25) is 0 Å². The van der Waals surface area contributed by atoms with E-state index >= 15 is 0 Å². The highest BCUT2D eigenvalue weighted by molar-refractivity contribution is 5.72. The minimum Gasteiger partial charge on any atom is -0.862 e. The number of aliphatic imine (C=N–C) groups is 1. The van der Waals surface area contributed by atoms with Crippen LogP contribution < -0.4 is 5.11 Å². The smallest absolute Gasteiger partial charge is 0.0381 e. The summed E-state index contributed by atoms with van der Waals surface area (Å²) in [7, 11) is 0. The van der Waals surface area contributed by atoms with E-state index in [2.05, 4.69) is 4.99 Å². The van der Waals surface area contributed by atoms with Gasteiger partial charge in [-0.3, -0.25) is 0 Å². The van der Waals surface area contributed by atoms with E-state index in [9.17, 15) is 5.11 Å². The van der Waals surface area contributed by atoms with Crippen molar-refractivity contribution in [3.63, 3.8) is 0 Å². The highest BCUT2D eigenvalue weighted by Gasteiger charge is 1.91. The fourth-order valence-corrected chi connectivity index (χ4v) is 0.513. The number of hydrogen-bond donors (Lipinski definition) is 0. The lowest BCUT2D eigenvalue weighted by molar-refractivity contribution is -0.217. The highest BCUT2D eigenvalue weighted by atomic mass is 16.3. The van der Waals surface area contributed by atoms with Crippen LogP contribution in [0.1, 0.15) is 12.8 Å². The molecule has 0 amide bonds. The second-order valence-electron chi connectivity index (χ2n) is 1.38. The Morgan fingerprint density at radius 2 is 2.50 bits per heavy atom. The van der Waals surface area contributed by atoms with E-state index in [0.29, 0.717) is 6.42 Å². The van der Waals surface area contributed by atoms with Gasteiger partial charge in [0.05, 0.1) is 0 Å². The normalized spacial score (nSPS) is 21.0. The molecule has 0 fully saturated rings. The van der Waals surface area contributed by atoms with Crippen molar-refractivity contribution in [2.24, 2.45) is 4.99 Å². The van der Waals surface area contributed by atoms with Gasteiger partial charge in [-0.25, -0.2) is 0 Å². The SMILES string of the molecule is [O-]C1=NCCC1. The van der Waals surface area contributed by atoms with Crippen LogP contribution in [0, 0.1) is 0 Å². The van der Waals surface area contributed by atoms with Gasteiger partial charge in [0.15, 0.2) is 0 Å². The molecule has 0 aliphatic carbocycles. The van der Waals surface area contributed by atoms with E-state index in [1.165, 1.54) is 0 Å². The van der Waals surface area contributed by atoms with Gasteiger partial charge in [-0.1, -0.05) is 0 Å². The molecule has 0 spiro atoms. The average molecular weight is 84.1 g/mol. The standard InChI is InChI=1S/C4H7NO/c6-4-2-1-3-5-4/h1-3H2,(H,5,6)/p-1. The molecule has 2 heteroatoms. The lowest BCUT2D eigenvalue weighted by Crippen LogP contribution is -2.12. The zero-order chi connectivity index (χ0) is 4.41. The van der Waals surface area contributed by atoms with Gasteiger partial charge < -0.3 is 10.1 Å². The maximum atomic E-state index is 10.1. The monoisotopic (exact) mass is 84.0 g/mol. The quantitative estimate of drug-likeness (QED) is 0.391. The molecule has 0 atom stereocenters. The molecule has 1 aliphatic heterocycles. The van der Waals surface area contributed by atoms with Gasteiger partial charge >= 0.3 is 0 Å². The summed E-state index contributed by atoms with van der Waals surface area (Å²) in [5.41, 5.74) is 0. The molecule has 0 saturated carbocycles. The second-order valence-corrected chi connectivity index (χ2v) is 1.38. The van der Waals surface area contributed by atoms with Crippen molar-refractivity contribution in [2.75, 3.05) is 6.54 Å². The minimum absolute atomic E-state index is 0.0787. The Hall–Kier alpha value is -0.530. The molecule has 1 heterocycles. The van der Waals surface area contributed by atoms with Crippen LogP contribution in [0.5, 0.6) is 0 Å². The molecular weight excluding hydrogens is 78.0 g/mol. The molecule has 0 bridgehead atoms. The first-order chi connectivity index (χ1) is 2.89. The topological polar surface area (TPSA) is 35.4 Å². The lowest BCUT2D eigenvalue weighted by atomic mass is 10.4. The predicted octanol–water partition coefficient (Wildman–Crippen LogP) is -0.461. The second kappa shape index (κ2) is 1.29. The molecule has 0 unspecified atom stereocenters. The zero-order valence-corrected chi connectivity index (χ0v) is 3.48. The van der Waals surface area contributed by atoms with Crippen molar-refractivity contribution in [2.45, 2.75) is 12.8 Å². The van der Waals surface area contributed by atoms with Crippen molar-refractivity contribution < 1.29 is 5.11 Å². The fraction of sp³-hybridized carbons (Fsp3) is 0.750. The molecule has 1 rings (SSSR count). The molecule has 6 heavy (non-hydrogen) atoms. The zero-order valence-electron chi connectivity index (χ0n) is 3.48. The number of rotatable bonds is 0. The van der Waals surface area contributed by atoms with Gasteiger partial charge in [0, 0.05) is 6.54 Å². The van der Waals surface area contributed by atoms with Crippen molar-refractivity contribution in [3.05, 3.63) is 0 Å². The molecule has 0 aromatic carbocycles. The Morgan fingerprint density at radius 1 is 1.67 bits per heavy atom. The highest BCUT2D eigenvalue weighted by Crippen LogP contribution is 1.96. The molecule has 0 aromatic heterocycles. The number of hydrogen-bond acceptors (Lipinski definition) is 2. The predicted molar refractivity (Wildman–Crippen MR) is 21.5 cm³/mol. The van der Waals surface area contributed by atoms with Crippen LogP contribution in [-0.4, -0.2) is 12.4 Å². The largest absolute Gasteiger partial charge is 0.862 e. The summed E-state index contributed by atoms with van der Waals surface area (Å²) >= 11 is 0. The summed E-state index contributed by atoms with van der Waals surface area (Å²) < 4.78 is 0. The Bertz CT molecular complexity index is 77.6. The Kier molecular flexibility index (Phi) is 0.783. The molecule has 0 N–H and O–H groups in total. The Morgan fingerprint density at radius 3 is 2.67 bits per heavy atom. The van der Waals surface area contributed by atoms with Gasteiger partial charge in [-0.05, 0) is 18.7 Å². The summed E-state index contributed by atoms with van der Waals surface area (Å²) in [6.07, 6.45) is 1.65. The van der Waals surface area contributed by atoms with E-state index in [-0.39, 0.29) is 5.90 Å². The van der Waals surface area contributed by atoms with Crippen LogP contribution in [0.4, 0.5) is 0 Å². The minimum atomic E-state index is 0.0787. The van der Waals surface area contributed by atoms with Gasteiger partial charge in [0.2, 0.25) is 0 Å². The maximum Gasteiger partial charge on any atom is 0.0381 e. The molecule has 34 valence electrons. The first kappa shape index (κ1) is 3.65. The third kappa shape index (κ3) is 0.506. The van der Waals surface area contributed by atoms with E-state index < -0.39 is 0 Å². The number of nitrogens with zero attached hydrogens (tertiary/aromatic N) is 1. The third-order valence-corrected chi connectivity index (χ3v) is 0.837. The molecule has 1 aliphatic rings. The van der Waals surface area contributed by atoms with Crippen molar-refractivity contribution >= 4 is 5.90 Å². The Balaban J connectivity index is 2.45. The summed E-state index contributed by atoms with van der Waals surface area (Å²) in [6, 6.07) is 0. The average Bonchev–Trinajstić information content (AvgIpc) is 1.86. The van der Waals surface area contributed by atoms with E-state index in [1.54, 1.807) is 0 Å². The first-order valence-corrected chi connectivity index (χ1v) is 2.10. The lowest BCUT2D eigenvalue weighted by Gasteiger charge is -1.96. The van der Waals surface area contributed by atoms with Crippen LogP contribution in [0.3, 0.4) is 0 Å². The Labute approximate surface area is 36.5 Å². The third-order valence-electron chi connectivity index (χ3n) is 0.837. The fourth-order valence-electron chi connectivity index (χ4n) is 0.513. The van der Waals surface area contributed by atoms with Gasteiger partial charge in [-0.2, -0.15) is 0 Å². The van der Waals surface area contributed by atoms with Crippen molar-refractivity contribution in [3.8, 4) is 0 Å². The van der Waals surface area contributed by atoms with E-state index in [0.717, 1.165) is 13.0 Å². The van der Waals surface area contributed by atoms with Crippen molar-refractivity contribution in [1.82, 2.24) is 0 Å². The van der Waals surface area contributed by atoms with Crippen molar-refractivity contribution in [1.29, 1.82) is 0 Å². The summed E-state index contributed by atoms with van der Waals surface area (Å²) in [6.45, 7) is 0.763. The molecule has 0 aromatic rings. The van der Waals surface area contributed by atoms with Gasteiger partial charge in [0.1, 0.15) is 0 Å². The van der Waals surface area contributed by atoms with E-state index in [1.807, 2.05) is 0 Å². The van der Waals surface area contributed by atoms with Gasteiger partial charge in [-0.15, -0.1) is 0 Å². The van der Waals surface area contributed by atoms with E-state index in [4.69, 9.17) is 0 Å². The van der Waals surface area contributed by atoms with Crippen LogP contribution in [0.15, 0.2) is 4.99 Å².